The van der Waals surface area contributed by atoms with E-state index in [1.54, 1.807) is 12.2 Å². The van der Waals surface area contributed by atoms with Crippen molar-refractivity contribution in [1.29, 1.82) is 0 Å². The number of halogens is 1. The second-order valence-corrected chi connectivity index (χ2v) is 6.25. The third-order valence-corrected chi connectivity index (χ3v) is 4.63. The molecule has 1 saturated carbocycles. The second kappa shape index (κ2) is 5.97. The molecule has 0 bridgehead atoms. The average Bonchev–Trinajstić information content (AvgIpc) is 2.98. The van der Waals surface area contributed by atoms with Gasteiger partial charge >= 0.3 is 0 Å². The van der Waals surface area contributed by atoms with Gasteiger partial charge in [-0.1, -0.05) is 30.9 Å². The molecular formula is C14H16ClN3OS. The molecule has 106 valence electrons. The van der Waals surface area contributed by atoms with E-state index in [0.717, 1.165) is 23.5 Å². The highest BCUT2D eigenvalue weighted by Gasteiger charge is 2.14. The van der Waals surface area contributed by atoms with Gasteiger partial charge in [0.05, 0.1) is 5.69 Å². The average molecular weight is 310 g/mol. The molecule has 20 heavy (non-hydrogen) atoms. The number of rotatable bonds is 3. The summed E-state index contributed by atoms with van der Waals surface area (Å²) in [6.07, 6.45) is 11.0. The number of hydrogen-bond donors (Lipinski definition) is 1. The molecule has 6 heteroatoms. The zero-order valence-electron chi connectivity index (χ0n) is 11.0. The minimum Gasteiger partial charge on any atom is -0.350 e. The van der Waals surface area contributed by atoms with Crippen LogP contribution in [0.5, 0.6) is 0 Å². The van der Waals surface area contributed by atoms with E-state index in [9.17, 15) is 4.79 Å². The highest BCUT2D eigenvalue weighted by Crippen LogP contribution is 2.22. The summed E-state index contributed by atoms with van der Waals surface area (Å²) in [5, 5.41) is 5.42. The van der Waals surface area contributed by atoms with E-state index in [4.69, 9.17) is 11.6 Å². The number of carbonyl (C=O) groups is 1. The normalized spacial score (nSPS) is 17.1. The van der Waals surface area contributed by atoms with Crippen LogP contribution in [0.2, 0.25) is 5.15 Å². The Kier molecular flexibility index (Phi) is 4.08. The Morgan fingerprint density at radius 3 is 3.05 bits per heavy atom. The predicted octanol–water partition coefficient (Wildman–Crippen LogP) is 3.51. The molecule has 1 aliphatic carbocycles. The van der Waals surface area contributed by atoms with E-state index >= 15 is 0 Å². The molecule has 4 nitrogen and oxygen atoms in total. The van der Waals surface area contributed by atoms with Crippen LogP contribution >= 0.6 is 22.9 Å². The minimum atomic E-state index is -0.0573. The van der Waals surface area contributed by atoms with Crippen LogP contribution in [0.4, 0.5) is 0 Å². The maximum Gasteiger partial charge on any atom is 0.244 e. The van der Waals surface area contributed by atoms with Crippen molar-refractivity contribution in [2.24, 2.45) is 0 Å². The molecule has 0 saturated heterocycles. The summed E-state index contributed by atoms with van der Waals surface area (Å²) >= 11 is 7.59. The zero-order chi connectivity index (χ0) is 13.9. The molecule has 0 radical (unpaired) electrons. The predicted molar refractivity (Wildman–Crippen MR) is 82.1 cm³/mol. The fourth-order valence-electron chi connectivity index (χ4n) is 2.58. The van der Waals surface area contributed by atoms with Gasteiger partial charge in [-0.3, -0.25) is 9.20 Å². The number of nitrogens with zero attached hydrogens (tertiary/aromatic N) is 2. The van der Waals surface area contributed by atoms with Crippen molar-refractivity contribution in [3.05, 3.63) is 28.5 Å². The lowest BCUT2D eigenvalue weighted by molar-refractivity contribution is -0.117. The fraction of sp³-hybridized carbons (Fsp3) is 0.429. The van der Waals surface area contributed by atoms with E-state index in [1.165, 1.54) is 30.6 Å². The SMILES string of the molecule is O=C(C=Cc1c(Cl)nc2sccn12)NC1CCCCC1. The van der Waals surface area contributed by atoms with Gasteiger partial charge in [-0.2, -0.15) is 0 Å². The summed E-state index contributed by atoms with van der Waals surface area (Å²) in [6, 6.07) is 0.322. The minimum absolute atomic E-state index is 0.0573. The van der Waals surface area contributed by atoms with Crippen LogP contribution in [0.25, 0.3) is 11.0 Å². The summed E-state index contributed by atoms with van der Waals surface area (Å²) in [6.45, 7) is 0. The zero-order valence-corrected chi connectivity index (χ0v) is 12.6. The first kappa shape index (κ1) is 13.6. The third kappa shape index (κ3) is 2.88. The van der Waals surface area contributed by atoms with Gasteiger partial charge in [-0.15, -0.1) is 11.3 Å². The Labute approximate surface area is 126 Å². The van der Waals surface area contributed by atoms with Crippen LogP contribution in [0, 0.1) is 0 Å². The molecule has 0 atom stereocenters. The maximum atomic E-state index is 11.9. The number of thiazole rings is 1. The summed E-state index contributed by atoms with van der Waals surface area (Å²) in [7, 11) is 0. The van der Waals surface area contributed by atoms with Crippen LogP contribution in [0.15, 0.2) is 17.7 Å². The fourth-order valence-corrected chi connectivity index (χ4v) is 3.58. The topological polar surface area (TPSA) is 46.4 Å². The standard InChI is InChI=1S/C14H16ClN3OS/c15-13-11(18-8-9-20-14(18)17-13)6-7-12(19)16-10-4-2-1-3-5-10/h6-10H,1-5H2,(H,16,19). The summed E-state index contributed by atoms with van der Waals surface area (Å²) in [4.78, 5) is 17.0. The van der Waals surface area contributed by atoms with E-state index < -0.39 is 0 Å². The van der Waals surface area contributed by atoms with Crippen molar-refractivity contribution >= 4 is 39.9 Å². The molecule has 0 aliphatic heterocycles. The van der Waals surface area contributed by atoms with Crippen molar-refractivity contribution < 1.29 is 4.79 Å². The first-order chi connectivity index (χ1) is 9.74. The van der Waals surface area contributed by atoms with E-state index in [1.807, 2.05) is 16.0 Å². The van der Waals surface area contributed by atoms with E-state index in [2.05, 4.69) is 10.3 Å². The number of fused-ring (bicyclic) bond motifs is 1. The lowest BCUT2D eigenvalue weighted by Gasteiger charge is -2.21. The molecule has 1 aliphatic rings. The van der Waals surface area contributed by atoms with E-state index in [-0.39, 0.29) is 5.91 Å². The smallest absolute Gasteiger partial charge is 0.244 e. The van der Waals surface area contributed by atoms with Gasteiger partial charge in [0.15, 0.2) is 10.1 Å². The van der Waals surface area contributed by atoms with Gasteiger partial charge in [0, 0.05) is 23.7 Å². The summed E-state index contributed by atoms with van der Waals surface area (Å²) in [5.41, 5.74) is 0.752. The van der Waals surface area contributed by atoms with Gasteiger partial charge in [-0.25, -0.2) is 4.98 Å². The van der Waals surface area contributed by atoms with Gasteiger partial charge in [0.1, 0.15) is 0 Å². The Morgan fingerprint density at radius 2 is 2.25 bits per heavy atom. The molecule has 1 fully saturated rings. The molecule has 1 amide bonds. The van der Waals surface area contributed by atoms with Crippen molar-refractivity contribution in [2.75, 3.05) is 0 Å². The van der Waals surface area contributed by atoms with Gasteiger partial charge in [0.2, 0.25) is 5.91 Å². The lowest BCUT2D eigenvalue weighted by atomic mass is 9.95. The third-order valence-electron chi connectivity index (χ3n) is 3.60. The van der Waals surface area contributed by atoms with Crippen molar-refractivity contribution in [3.63, 3.8) is 0 Å². The number of imidazole rings is 1. The van der Waals surface area contributed by atoms with Crippen molar-refractivity contribution in [2.45, 2.75) is 38.1 Å². The number of hydrogen-bond acceptors (Lipinski definition) is 3. The first-order valence-electron chi connectivity index (χ1n) is 6.83. The molecule has 0 spiro atoms. The number of amides is 1. The molecular weight excluding hydrogens is 294 g/mol. The monoisotopic (exact) mass is 309 g/mol. The quantitative estimate of drug-likeness (QED) is 0.882. The Balaban J connectivity index is 1.68. The van der Waals surface area contributed by atoms with Crippen molar-refractivity contribution in [3.8, 4) is 0 Å². The maximum absolute atomic E-state index is 11.9. The molecule has 2 heterocycles. The summed E-state index contributed by atoms with van der Waals surface area (Å²) in [5.74, 6) is -0.0573. The number of aromatic nitrogens is 2. The van der Waals surface area contributed by atoms with Crippen LogP contribution in [0.3, 0.4) is 0 Å². The number of nitrogens with one attached hydrogen (secondary N) is 1. The highest BCUT2D eigenvalue weighted by molar-refractivity contribution is 7.15. The van der Waals surface area contributed by atoms with Crippen molar-refractivity contribution in [1.82, 2.24) is 14.7 Å². The number of carbonyl (C=O) groups excluding carboxylic acids is 1. The lowest BCUT2D eigenvalue weighted by Crippen LogP contribution is -2.34. The van der Waals surface area contributed by atoms with E-state index in [0.29, 0.717) is 11.2 Å². The van der Waals surface area contributed by atoms with Gasteiger partial charge in [-0.05, 0) is 18.9 Å². The molecule has 3 rings (SSSR count). The Bertz CT molecular complexity index is 640. The molecule has 1 N–H and O–H groups in total. The largest absolute Gasteiger partial charge is 0.350 e. The Morgan fingerprint density at radius 1 is 1.45 bits per heavy atom. The van der Waals surface area contributed by atoms with Gasteiger partial charge in [0.25, 0.3) is 0 Å². The van der Waals surface area contributed by atoms with Gasteiger partial charge < -0.3 is 5.32 Å². The first-order valence-corrected chi connectivity index (χ1v) is 8.09. The second-order valence-electron chi connectivity index (χ2n) is 5.02. The van der Waals surface area contributed by atoms with Crippen LogP contribution in [-0.2, 0) is 4.79 Å². The molecule has 0 unspecified atom stereocenters. The summed E-state index contributed by atoms with van der Waals surface area (Å²) < 4.78 is 1.89. The highest BCUT2D eigenvalue weighted by atomic mass is 35.5. The Hall–Kier alpha value is -1.33. The molecule has 2 aromatic rings. The van der Waals surface area contributed by atoms with Crippen LogP contribution in [0.1, 0.15) is 37.8 Å². The molecule has 2 aromatic heterocycles. The molecule has 0 aromatic carbocycles. The van der Waals surface area contributed by atoms with Crippen LogP contribution < -0.4 is 5.32 Å². The van der Waals surface area contributed by atoms with Crippen LogP contribution in [-0.4, -0.2) is 21.3 Å².